The zero-order valence-electron chi connectivity index (χ0n) is 10.6. The van der Waals surface area contributed by atoms with Crippen molar-refractivity contribution in [2.75, 3.05) is 0 Å². The lowest BCUT2D eigenvalue weighted by Gasteiger charge is -2.15. The number of hydrazine groups is 1. The van der Waals surface area contributed by atoms with Gasteiger partial charge in [-0.25, -0.2) is 0 Å². The van der Waals surface area contributed by atoms with Gasteiger partial charge in [0.1, 0.15) is 0 Å². The first kappa shape index (κ1) is 13.3. The van der Waals surface area contributed by atoms with Gasteiger partial charge in [-0.05, 0) is 52.2 Å². The van der Waals surface area contributed by atoms with Crippen molar-refractivity contribution in [2.45, 2.75) is 24.8 Å². The summed E-state index contributed by atoms with van der Waals surface area (Å²) >= 11 is 5.30. The smallest absolute Gasteiger partial charge is 0.0293 e. The lowest BCUT2D eigenvalue weighted by Crippen LogP contribution is -2.38. The van der Waals surface area contributed by atoms with Crippen LogP contribution in [0.5, 0.6) is 0 Å². The molecule has 0 saturated heterocycles. The van der Waals surface area contributed by atoms with Crippen LogP contribution in [0.3, 0.4) is 0 Å². The maximum absolute atomic E-state index is 5.75. The lowest BCUT2D eigenvalue weighted by atomic mass is 10.0. The van der Waals surface area contributed by atoms with Crippen molar-refractivity contribution >= 4 is 27.3 Å². The van der Waals surface area contributed by atoms with Gasteiger partial charge >= 0.3 is 0 Å². The van der Waals surface area contributed by atoms with E-state index >= 15 is 0 Å². The Morgan fingerprint density at radius 3 is 2.79 bits per heavy atom. The van der Waals surface area contributed by atoms with Crippen LogP contribution in [-0.4, -0.2) is 6.04 Å². The number of nitrogens with two attached hydrogens (primary N) is 1. The number of halogens is 1. The third kappa shape index (κ3) is 3.08. The minimum Gasteiger partial charge on any atom is -0.271 e. The number of rotatable bonds is 5. The van der Waals surface area contributed by atoms with E-state index in [2.05, 4.69) is 63.1 Å². The Bertz CT molecular complexity index is 540. The average Bonchev–Trinajstić information content (AvgIpc) is 3.13. The van der Waals surface area contributed by atoms with Crippen LogP contribution in [0.1, 0.15) is 22.8 Å². The third-order valence-corrected chi connectivity index (χ3v) is 5.56. The monoisotopic (exact) mass is 336 g/mol. The highest BCUT2D eigenvalue weighted by molar-refractivity contribution is 9.10. The van der Waals surface area contributed by atoms with Crippen LogP contribution < -0.4 is 11.3 Å². The molecule has 100 valence electrons. The number of nitrogens with one attached hydrogen (secondary N) is 1. The zero-order chi connectivity index (χ0) is 13.2. The molecule has 1 aromatic heterocycles. The van der Waals surface area contributed by atoms with Crippen molar-refractivity contribution in [3.63, 3.8) is 0 Å². The van der Waals surface area contributed by atoms with E-state index in [1.165, 1.54) is 21.3 Å². The molecular formula is C15H17BrN2S. The van der Waals surface area contributed by atoms with E-state index in [0.717, 1.165) is 6.42 Å². The summed E-state index contributed by atoms with van der Waals surface area (Å²) in [7, 11) is 0. The normalized spacial score (nSPS) is 23.3. The molecule has 1 heterocycles. The fourth-order valence-electron chi connectivity index (χ4n) is 2.75. The Balaban J connectivity index is 1.65. The molecule has 2 aromatic rings. The number of hydrogen-bond acceptors (Lipinski definition) is 3. The second kappa shape index (κ2) is 5.75. The highest BCUT2D eigenvalue weighted by atomic mass is 79.9. The first-order valence-corrected chi connectivity index (χ1v) is 8.19. The van der Waals surface area contributed by atoms with Crippen molar-refractivity contribution in [3.05, 3.63) is 56.7 Å². The quantitative estimate of drug-likeness (QED) is 0.645. The third-order valence-electron chi connectivity index (χ3n) is 3.84. The zero-order valence-corrected chi connectivity index (χ0v) is 13.0. The van der Waals surface area contributed by atoms with Crippen LogP contribution in [0, 0.1) is 5.92 Å². The summed E-state index contributed by atoms with van der Waals surface area (Å²) in [4.78, 5) is 1.38. The molecule has 3 N–H and O–H groups in total. The van der Waals surface area contributed by atoms with Gasteiger partial charge in [0.25, 0.3) is 0 Å². The summed E-state index contributed by atoms with van der Waals surface area (Å²) in [6.07, 6.45) is 2.26. The van der Waals surface area contributed by atoms with Crippen LogP contribution in [0.2, 0.25) is 0 Å². The molecule has 0 radical (unpaired) electrons. The maximum Gasteiger partial charge on any atom is 0.0293 e. The predicted octanol–water partition coefficient (Wildman–Crippen LogP) is 3.69. The molecule has 19 heavy (non-hydrogen) atoms. The van der Waals surface area contributed by atoms with Crippen molar-refractivity contribution in [1.82, 2.24) is 5.43 Å². The van der Waals surface area contributed by atoms with Crippen LogP contribution in [0.4, 0.5) is 0 Å². The van der Waals surface area contributed by atoms with E-state index in [-0.39, 0.29) is 0 Å². The largest absolute Gasteiger partial charge is 0.271 e. The molecule has 2 nitrogen and oxygen atoms in total. The van der Waals surface area contributed by atoms with Gasteiger partial charge in [0.05, 0.1) is 0 Å². The van der Waals surface area contributed by atoms with E-state index in [9.17, 15) is 0 Å². The number of thiophene rings is 1. The Hall–Kier alpha value is -0.680. The molecule has 0 spiro atoms. The SMILES string of the molecule is NNC(Cc1cc(Br)cs1)C1CC1c1ccccc1. The second-order valence-corrected chi connectivity index (χ2v) is 7.04. The molecule has 1 fully saturated rings. The summed E-state index contributed by atoms with van der Waals surface area (Å²) in [5.41, 5.74) is 4.46. The highest BCUT2D eigenvalue weighted by Gasteiger charge is 2.43. The van der Waals surface area contributed by atoms with Crippen molar-refractivity contribution < 1.29 is 0 Å². The molecule has 4 heteroatoms. The van der Waals surface area contributed by atoms with E-state index in [4.69, 9.17) is 5.84 Å². The maximum atomic E-state index is 5.75. The Morgan fingerprint density at radius 1 is 1.37 bits per heavy atom. The van der Waals surface area contributed by atoms with Crippen LogP contribution in [0.15, 0.2) is 46.3 Å². The summed E-state index contributed by atoms with van der Waals surface area (Å²) in [5, 5.41) is 2.13. The lowest BCUT2D eigenvalue weighted by molar-refractivity contribution is 0.467. The van der Waals surface area contributed by atoms with E-state index in [0.29, 0.717) is 17.9 Å². The van der Waals surface area contributed by atoms with Gasteiger partial charge < -0.3 is 0 Å². The number of benzene rings is 1. The van der Waals surface area contributed by atoms with E-state index in [1.807, 2.05) is 0 Å². The fraction of sp³-hybridized carbons (Fsp3) is 0.333. The van der Waals surface area contributed by atoms with Crippen molar-refractivity contribution in [1.29, 1.82) is 0 Å². The predicted molar refractivity (Wildman–Crippen MR) is 84.1 cm³/mol. The molecule has 0 bridgehead atoms. The number of hydrogen-bond donors (Lipinski definition) is 2. The van der Waals surface area contributed by atoms with Crippen molar-refractivity contribution in [3.8, 4) is 0 Å². The first-order valence-electron chi connectivity index (χ1n) is 6.52. The molecule has 0 amide bonds. The molecule has 1 aromatic carbocycles. The minimum atomic E-state index is 0.371. The standard InChI is InChI=1S/C15H17BrN2S/c16-11-6-12(19-9-11)7-15(18-17)14-8-13(14)10-4-2-1-3-5-10/h1-6,9,13-15,18H,7-8,17H2. The van der Waals surface area contributed by atoms with Crippen LogP contribution in [0.25, 0.3) is 0 Å². The van der Waals surface area contributed by atoms with Gasteiger partial charge in [-0.1, -0.05) is 30.3 Å². The molecule has 1 aliphatic rings. The van der Waals surface area contributed by atoms with Gasteiger partial charge in [0.2, 0.25) is 0 Å². The van der Waals surface area contributed by atoms with E-state index in [1.54, 1.807) is 11.3 Å². The summed E-state index contributed by atoms with van der Waals surface area (Å²) in [6.45, 7) is 0. The Labute approximate surface area is 126 Å². The first-order chi connectivity index (χ1) is 9.28. The molecular weight excluding hydrogens is 320 g/mol. The van der Waals surface area contributed by atoms with Gasteiger partial charge in [-0.3, -0.25) is 11.3 Å². The van der Waals surface area contributed by atoms with E-state index < -0.39 is 0 Å². The molecule has 3 rings (SSSR count). The molecule has 0 aliphatic heterocycles. The summed E-state index contributed by atoms with van der Waals surface area (Å²) in [5.74, 6) is 7.08. The highest BCUT2D eigenvalue weighted by Crippen LogP contribution is 2.50. The van der Waals surface area contributed by atoms with Gasteiger partial charge in [0, 0.05) is 20.8 Å². The van der Waals surface area contributed by atoms with Gasteiger partial charge in [-0.15, -0.1) is 11.3 Å². The van der Waals surface area contributed by atoms with Crippen molar-refractivity contribution in [2.24, 2.45) is 11.8 Å². The molecule has 1 saturated carbocycles. The Morgan fingerprint density at radius 2 is 2.16 bits per heavy atom. The Kier molecular flexibility index (Phi) is 4.03. The second-order valence-electron chi connectivity index (χ2n) is 5.13. The van der Waals surface area contributed by atoms with Gasteiger partial charge in [-0.2, -0.15) is 0 Å². The topological polar surface area (TPSA) is 38.0 Å². The fourth-order valence-corrected chi connectivity index (χ4v) is 4.27. The minimum absolute atomic E-state index is 0.371. The van der Waals surface area contributed by atoms with Crippen LogP contribution in [-0.2, 0) is 6.42 Å². The van der Waals surface area contributed by atoms with Crippen LogP contribution >= 0.6 is 27.3 Å². The van der Waals surface area contributed by atoms with Gasteiger partial charge in [0.15, 0.2) is 0 Å². The average molecular weight is 337 g/mol. The summed E-state index contributed by atoms with van der Waals surface area (Å²) < 4.78 is 1.17. The molecule has 3 unspecified atom stereocenters. The molecule has 3 atom stereocenters. The summed E-state index contributed by atoms with van der Waals surface area (Å²) in [6, 6.07) is 13.3. The molecule has 1 aliphatic carbocycles.